The second kappa shape index (κ2) is 7.26. The molecule has 0 radical (unpaired) electrons. The summed E-state index contributed by atoms with van der Waals surface area (Å²) in [6.07, 6.45) is 4.25. The van der Waals surface area contributed by atoms with Gasteiger partial charge < -0.3 is 14.5 Å². The number of amides is 2. The van der Waals surface area contributed by atoms with Crippen molar-refractivity contribution in [1.82, 2.24) is 14.7 Å². The van der Waals surface area contributed by atoms with Gasteiger partial charge in [0.05, 0.1) is 6.61 Å². The number of fused-ring (bicyclic) bond motifs is 3. The van der Waals surface area contributed by atoms with Gasteiger partial charge in [0, 0.05) is 49.7 Å². The van der Waals surface area contributed by atoms with E-state index in [-0.39, 0.29) is 12.0 Å². The Morgan fingerprint density at radius 2 is 1.63 bits per heavy atom. The highest BCUT2D eigenvalue weighted by Crippen LogP contribution is 2.54. The van der Waals surface area contributed by atoms with Crippen molar-refractivity contribution in [2.75, 3.05) is 26.2 Å². The maximum Gasteiger partial charge on any atom is 0.410 e. The van der Waals surface area contributed by atoms with Crippen LogP contribution in [-0.4, -0.2) is 77.1 Å². The molecule has 3 heterocycles. The Morgan fingerprint density at radius 3 is 2.11 bits per heavy atom. The smallest absolute Gasteiger partial charge is 0.410 e. The van der Waals surface area contributed by atoms with E-state index in [1.165, 1.54) is 0 Å². The third-order valence-electron chi connectivity index (χ3n) is 7.46. The van der Waals surface area contributed by atoms with Crippen molar-refractivity contribution in [3.05, 3.63) is 0 Å². The summed E-state index contributed by atoms with van der Waals surface area (Å²) in [5.74, 6) is 1.76. The summed E-state index contributed by atoms with van der Waals surface area (Å²) in [5, 5.41) is 0. The van der Waals surface area contributed by atoms with Crippen LogP contribution >= 0.6 is 0 Å². The normalized spacial score (nSPS) is 37.4. The third-order valence-corrected chi connectivity index (χ3v) is 7.46. The number of likely N-dealkylation sites (tertiary alicyclic amines) is 1. The number of carbonyl (C=O) groups is 2. The summed E-state index contributed by atoms with van der Waals surface area (Å²) in [5.41, 5.74) is 0. The Balaban J connectivity index is 1.32. The van der Waals surface area contributed by atoms with E-state index in [1.807, 2.05) is 16.7 Å². The maximum atomic E-state index is 12.8. The van der Waals surface area contributed by atoms with Crippen molar-refractivity contribution < 1.29 is 14.3 Å². The zero-order valence-corrected chi connectivity index (χ0v) is 17.3. The molecule has 0 aromatic carbocycles. The van der Waals surface area contributed by atoms with Crippen LogP contribution in [0.4, 0.5) is 4.79 Å². The fourth-order valence-electron chi connectivity index (χ4n) is 6.13. The minimum Gasteiger partial charge on any atom is -0.450 e. The summed E-state index contributed by atoms with van der Waals surface area (Å²) in [6, 6.07) is 1.56. The van der Waals surface area contributed by atoms with E-state index in [9.17, 15) is 9.59 Å². The molecule has 152 valence electrons. The Bertz CT molecular complexity index is 569. The average molecular weight is 378 g/mol. The van der Waals surface area contributed by atoms with Gasteiger partial charge in [-0.1, -0.05) is 0 Å². The number of ether oxygens (including phenoxy) is 1. The van der Waals surface area contributed by atoms with Gasteiger partial charge in [0.2, 0.25) is 5.91 Å². The zero-order valence-electron chi connectivity index (χ0n) is 17.3. The molecule has 0 N–H and O–H groups in total. The lowest BCUT2D eigenvalue weighted by molar-refractivity contribution is -0.135. The third kappa shape index (κ3) is 3.24. The molecule has 0 aromatic rings. The number of rotatable bonds is 5. The van der Waals surface area contributed by atoms with Crippen molar-refractivity contribution in [1.29, 1.82) is 0 Å². The Labute approximate surface area is 163 Å². The fourth-order valence-corrected chi connectivity index (χ4v) is 6.13. The van der Waals surface area contributed by atoms with Crippen LogP contribution in [0.25, 0.3) is 0 Å². The molecule has 3 aliphatic heterocycles. The molecule has 2 unspecified atom stereocenters. The topological polar surface area (TPSA) is 53.1 Å². The highest BCUT2D eigenvalue weighted by atomic mass is 16.6. The fraction of sp³-hybridized carbons (Fsp3) is 0.905. The minimum atomic E-state index is -0.119. The van der Waals surface area contributed by atoms with Gasteiger partial charge in [-0.25, -0.2) is 4.79 Å². The van der Waals surface area contributed by atoms with Crippen LogP contribution in [0.3, 0.4) is 0 Å². The zero-order chi connectivity index (χ0) is 19.3. The molecule has 4 fully saturated rings. The number of piperidine rings is 2. The van der Waals surface area contributed by atoms with Gasteiger partial charge in [0.25, 0.3) is 0 Å². The molecular weight excluding hydrogens is 342 g/mol. The van der Waals surface area contributed by atoms with E-state index in [2.05, 4.69) is 25.7 Å². The molecule has 4 aliphatic rings. The number of nitrogens with zero attached hydrogens (tertiary/aromatic N) is 3. The van der Waals surface area contributed by atoms with Crippen molar-refractivity contribution in [2.45, 2.75) is 77.5 Å². The summed E-state index contributed by atoms with van der Waals surface area (Å²) in [6.45, 7) is 11.6. The molecule has 4 rings (SSSR count). The summed E-state index contributed by atoms with van der Waals surface area (Å²) >= 11 is 0. The molecule has 5 atom stereocenters. The standard InChI is InChI=1S/C21H35N3O3/c1-5-23(13(3)4)20(25)19-17-11-22(12-18(17)19)16-9-14-7-8-15(10-16)24(14)21(26)27-6-2/h13-19H,5-12H2,1-4H3/t14?,15?,16?,17-,18+,19-. The first-order chi connectivity index (χ1) is 13.0. The first-order valence-electron chi connectivity index (χ1n) is 11.0. The minimum absolute atomic E-state index is 0.119. The first-order valence-corrected chi connectivity index (χ1v) is 11.0. The van der Waals surface area contributed by atoms with Gasteiger partial charge in [-0.2, -0.15) is 0 Å². The number of carbonyl (C=O) groups excluding carboxylic acids is 2. The van der Waals surface area contributed by atoms with Gasteiger partial charge in [-0.05, 0) is 65.2 Å². The highest BCUT2D eigenvalue weighted by Gasteiger charge is 2.61. The quantitative estimate of drug-likeness (QED) is 0.739. The monoisotopic (exact) mass is 377 g/mol. The molecule has 1 aliphatic carbocycles. The first kappa shape index (κ1) is 19.0. The Hall–Kier alpha value is -1.30. The van der Waals surface area contributed by atoms with E-state index >= 15 is 0 Å². The molecule has 0 spiro atoms. The van der Waals surface area contributed by atoms with Gasteiger partial charge >= 0.3 is 6.09 Å². The second-order valence-corrected chi connectivity index (χ2v) is 9.14. The van der Waals surface area contributed by atoms with E-state index in [0.717, 1.165) is 45.3 Å². The van der Waals surface area contributed by atoms with Gasteiger partial charge in [0.15, 0.2) is 0 Å². The molecule has 3 saturated heterocycles. The van der Waals surface area contributed by atoms with Crippen LogP contribution in [0, 0.1) is 17.8 Å². The number of hydrogen-bond acceptors (Lipinski definition) is 4. The lowest BCUT2D eigenvalue weighted by Gasteiger charge is -2.42. The van der Waals surface area contributed by atoms with Crippen molar-refractivity contribution >= 4 is 12.0 Å². The van der Waals surface area contributed by atoms with Gasteiger partial charge in [0.1, 0.15) is 0 Å². The van der Waals surface area contributed by atoms with Crippen molar-refractivity contribution in [2.24, 2.45) is 17.8 Å². The lowest BCUT2D eigenvalue weighted by atomic mass is 9.96. The predicted octanol–water partition coefficient (Wildman–Crippen LogP) is 2.57. The second-order valence-electron chi connectivity index (χ2n) is 9.14. The van der Waals surface area contributed by atoms with Crippen LogP contribution in [0.1, 0.15) is 53.4 Å². The number of hydrogen-bond donors (Lipinski definition) is 0. The average Bonchev–Trinajstić information content (AvgIpc) is 2.99. The largest absolute Gasteiger partial charge is 0.450 e. The van der Waals surface area contributed by atoms with Crippen molar-refractivity contribution in [3.63, 3.8) is 0 Å². The Morgan fingerprint density at radius 1 is 1.04 bits per heavy atom. The molecule has 2 amide bonds. The van der Waals surface area contributed by atoms with Crippen LogP contribution < -0.4 is 0 Å². The maximum absolute atomic E-state index is 12.8. The Kier molecular flexibility index (Phi) is 5.12. The molecule has 27 heavy (non-hydrogen) atoms. The summed E-state index contributed by atoms with van der Waals surface area (Å²) in [4.78, 5) is 31.8. The van der Waals surface area contributed by atoms with E-state index in [4.69, 9.17) is 4.74 Å². The SMILES string of the molecule is CCOC(=O)N1C2CCC1CC(N1C[C@@H]3[C@H](C1)[C@@H]3C(=O)N(CC)C(C)C)C2. The molecule has 0 aromatic heterocycles. The van der Waals surface area contributed by atoms with Crippen LogP contribution in [0.15, 0.2) is 0 Å². The van der Waals surface area contributed by atoms with Gasteiger partial charge in [-0.15, -0.1) is 0 Å². The highest BCUT2D eigenvalue weighted by molar-refractivity contribution is 5.83. The predicted molar refractivity (Wildman–Crippen MR) is 103 cm³/mol. The summed E-state index contributed by atoms with van der Waals surface area (Å²) < 4.78 is 5.27. The van der Waals surface area contributed by atoms with E-state index in [0.29, 0.717) is 48.5 Å². The molecule has 6 heteroatoms. The van der Waals surface area contributed by atoms with Crippen molar-refractivity contribution in [3.8, 4) is 0 Å². The molecule has 1 saturated carbocycles. The molecular formula is C21H35N3O3. The molecule has 2 bridgehead atoms. The van der Waals surface area contributed by atoms with E-state index < -0.39 is 0 Å². The lowest BCUT2D eigenvalue weighted by Crippen LogP contribution is -2.53. The van der Waals surface area contributed by atoms with Crippen LogP contribution in [-0.2, 0) is 9.53 Å². The summed E-state index contributed by atoms with van der Waals surface area (Å²) in [7, 11) is 0. The molecule has 6 nitrogen and oxygen atoms in total. The van der Waals surface area contributed by atoms with Gasteiger partial charge in [-0.3, -0.25) is 9.69 Å². The van der Waals surface area contributed by atoms with Crippen LogP contribution in [0.5, 0.6) is 0 Å². The van der Waals surface area contributed by atoms with E-state index in [1.54, 1.807) is 0 Å². The van der Waals surface area contributed by atoms with Crippen LogP contribution in [0.2, 0.25) is 0 Å².